The molecule has 0 heterocycles. The molecule has 0 aromatic rings. The number of halogens is 3. The molecule has 0 rings (SSSR count). The number of alkyl halides is 2. The van der Waals surface area contributed by atoms with Crippen molar-refractivity contribution in [2.75, 3.05) is 58.2 Å². The summed E-state index contributed by atoms with van der Waals surface area (Å²) in [6.07, 6.45) is 5.59. The number of quaternary nitrogens is 2. The van der Waals surface area contributed by atoms with Crippen LogP contribution in [0.25, 0.3) is 0 Å². The van der Waals surface area contributed by atoms with Gasteiger partial charge in [0.15, 0.2) is 0 Å². The van der Waals surface area contributed by atoms with Crippen LogP contribution in [0.2, 0.25) is 6.32 Å². The molecule has 0 spiro atoms. The van der Waals surface area contributed by atoms with E-state index < -0.39 is 0 Å². The van der Waals surface area contributed by atoms with Crippen molar-refractivity contribution in [1.29, 1.82) is 0 Å². The molecule has 0 saturated carbocycles. The van der Waals surface area contributed by atoms with E-state index in [1.807, 2.05) is 6.10 Å². The van der Waals surface area contributed by atoms with E-state index >= 15 is 0 Å². The van der Waals surface area contributed by atoms with Crippen LogP contribution in [0.15, 0.2) is 0 Å². The summed E-state index contributed by atoms with van der Waals surface area (Å²) in [6.45, 7) is 13.6. The summed E-state index contributed by atoms with van der Waals surface area (Å²) >= 11 is 9.65. The van der Waals surface area contributed by atoms with Gasteiger partial charge in [0.2, 0.25) is 6.10 Å². The number of rotatable bonds is 12. The predicted octanol–water partition coefficient (Wildman–Crippen LogP) is 4.15. The Morgan fingerprint density at radius 2 is 1.13 bits per heavy atom. The van der Waals surface area contributed by atoms with E-state index in [2.05, 4.69) is 125 Å². The van der Waals surface area contributed by atoms with Gasteiger partial charge in [0, 0.05) is 51.8 Å². The van der Waals surface area contributed by atoms with Crippen LogP contribution < -0.4 is 0 Å². The fourth-order valence-corrected chi connectivity index (χ4v) is 3.48. The second-order valence-electron chi connectivity index (χ2n) is 8.55. The lowest BCUT2D eigenvalue weighted by Gasteiger charge is -2.31. The molecule has 0 aliphatic carbocycles. The van der Waals surface area contributed by atoms with Crippen LogP contribution >= 0.6 is 47.6 Å². The van der Waals surface area contributed by atoms with E-state index in [9.17, 15) is 0 Å². The van der Waals surface area contributed by atoms with Gasteiger partial charge in [-0.2, -0.15) is 15.8 Å². The van der Waals surface area contributed by atoms with Crippen molar-refractivity contribution in [2.45, 2.75) is 53.8 Å². The Morgan fingerprint density at radius 3 is 1.33 bits per heavy atom. The third-order valence-electron chi connectivity index (χ3n) is 4.34. The molecule has 0 bridgehead atoms. The van der Waals surface area contributed by atoms with E-state index in [-0.39, 0.29) is 6.51 Å². The zero-order valence-electron chi connectivity index (χ0n) is 21.0. The average Bonchev–Trinajstić information content (AvgIpc) is 2.67. The summed E-state index contributed by atoms with van der Waals surface area (Å²) < 4.78 is 2.08. The first kappa shape index (κ1) is 38.8. The molecule has 4 radical (unpaired) electrons. The van der Waals surface area contributed by atoms with Crippen molar-refractivity contribution in [3.8, 4) is 0 Å². The Bertz CT molecular complexity index is 302. The smallest absolute Gasteiger partial charge is 0.452 e. The van der Waals surface area contributed by atoms with E-state index in [1.165, 1.54) is 32.3 Å². The second kappa shape index (κ2) is 26.8. The van der Waals surface area contributed by atoms with Crippen LogP contribution in [0.1, 0.15) is 47.5 Å². The van der Waals surface area contributed by atoms with Crippen LogP contribution in [0.3, 0.4) is 0 Å². The number of aliphatic hydroxyl groups is 1. The van der Waals surface area contributed by atoms with Gasteiger partial charge >= 0.3 is 22.3 Å². The Morgan fingerprint density at radius 1 is 0.800 bits per heavy atom. The minimum absolute atomic E-state index is 0.250. The fourth-order valence-electron chi connectivity index (χ4n) is 2.69. The Labute approximate surface area is 217 Å². The summed E-state index contributed by atoms with van der Waals surface area (Å²) in [5.41, 5.74) is 0. The van der Waals surface area contributed by atoms with Crippen molar-refractivity contribution < 1.29 is 18.9 Å². The monoisotopic (exact) mass is 616 g/mol. The topological polar surface area (TPSA) is 40.5 Å². The highest BCUT2D eigenvalue weighted by atomic mass is 79.9. The molecule has 2 atom stereocenters. The van der Waals surface area contributed by atoms with Crippen molar-refractivity contribution in [3.05, 3.63) is 0 Å². The maximum Gasteiger partial charge on any atom is 0.457 e. The number of hydrogen-bond acceptors (Lipinski definition) is 2. The Balaban J connectivity index is -0.000000167. The third-order valence-corrected chi connectivity index (χ3v) is 6.14. The van der Waals surface area contributed by atoms with Gasteiger partial charge in [-0.05, 0) is 24.4 Å². The van der Waals surface area contributed by atoms with Gasteiger partial charge in [0.1, 0.15) is 0 Å². The van der Waals surface area contributed by atoms with Gasteiger partial charge in [-0.25, -0.2) is 0 Å². The molecular weight excluding hydrogens is 571 g/mol. The summed E-state index contributed by atoms with van der Waals surface area (Å²) in [6, 6.07) is 0. The molecule has 0 aliphatic rings. The first-order valence-corrected chi connectivity index (χ1v) is 14.0. The van der Waals surface area contributed by atoms with Gasteiger partial charge in [0.25, 0.3) is 0 Å². The van der Waals surface area contributed by atoms with E-state index in [1.54, 1.807) is 0 Å². The van der Waals surface area contributed by atoms with Crippen LogP contribution in [0.5, 0.6) is 0 Å². The van der Waals surface area contributed by atoms with Gasteiger partial charge in [0.05, 0.1) is 13.1 Å². The van der Waals surface area contributed by atoms with Gasteiger partial charge in [-0.3, -0.25) is 0 Å². The first-order chi connectivity index (χ1) is 13.9. The van der Waals surface area contributed by atoms with Gasteiger partial charge < -0.3 is 18.9 Å². The largest absolute Gasteiger partial charge is 0.457 e. The van der Waals surface area contributed by atoms with Crippen LogP contribution in [0, 0.1) is 11.8 Å². The molecule has 4 nitrogen and oxygen atoms in total. The molecular formula is C19H47B4Br3N2O2+2. The van der Waals surface area contributed by atoms with E-state index in [0.29, 0.717) is 7.48 Å². The van der Waals surface area contributed by atoms with Crippen molar-refractivity contribution in [3.63, 3.8) is 0 Å². The number of nitrogens with zero attached hydrogens (tertiary/aromatic N) is 2. The lowest BCUT2D eigenvalue weighted by molar-refractivity contribution is -0.783. The van der Waals surface area contributed by atoms with Gasteiger partial charge in [-0.1, -0.05) is 50.5 Å². The molecule has 0 amide bonds. The van der Waals surface area contributed by atoms with Crippen molar-refractivity contribution >= 4 is 76.0 Å². The average molecular weight is 619 g/mol. The van der Waals surface area contributed by atoms with Crippen LogP contribution in [0.4, 0.5) is 0 Å². The second-order valence-corrected chi connectivity index (χ2v) is 10.5. The van der Waals surface area contributed by atoms with E-state index in [4.69, 9.17) is 10.1 Å². The summed E-state index contributed by atoms with van der Waals surface area (Å²) in [5.74, 6) is 1.66. The molecule has 11 heteroatoms. The number of aliphatic hydroxyl groups excluding tert-OH is 1. The maximum atomic E-state index is 7.57. The highest BCUT2D eigenvalue weighted by Crippen LogP contribution is 2.08. The molecule has 0 aromatic carbocycles. The summed E-state index contributed by atoms with van der Waals surface area (Å²) in [4.78, 5) is 0. The maximum absolute atomic E-state index is 7.57. The highest BCUT2D eigenvalue weighted by molar-refractivity contribution is 9.24. The summed E-state index contributed by atoms with van der Waals surface area (Å²) in [5, 5.41) is 17.0. The SMILES string of the molecule is Br[B]CBr.CCC(C)C[N+](C)(C)[B]CBr.CC[B][N+](C)(C)CC(C)CC.O[B]CO. The predicted molar refractivity (Wildman–Crippen MR) is 152 cm³/mol. The zero-order chi connectivity index (χ0) is 24.6. The number of hydrogen-bond donors (Lipinski definition) is 2. The van der Waals surface area contributed by atoms with E-state index in [0.717, 1.165) is 31.1 Å². The zero-order valence-corrected chi connectivity index (χ0v) is 25.8. The molecule has 0 fully saturated rings. The molecule has 2 N–H and O–H groups in total. The lowest BCUT2D eigenvalue weighted by atomic mass is 9.83. The van der Waals surface area contributed by atoms with Crippen molar-refractivity contribution in [1.82, 2.24) is 0 Å². The highest BCUT2D eigenvalue weighted by Gasteiger charge is 2.20. The summed E-state index contributed by atoms with van der Waals surface area (Å²) in [7, 11) is 14.4. The lowest BCUT2D eigenvalue weighted by Crippen LogP contribution is -2.46. The molecule has 176 valence electrons. The standard InChI is InChI=1S/C9H22BN.C8H19BBrN.CH2BBr2.CH4BO2/c1-6-9(3)8-11(4,5)10-7-2;1-5-8(2)6-11(3,4)9-7-10;2*3-1-2-4/h9H,6-8H2,1-5H3;8H,5-7H2,1-4H3;1H2;3-4H,1H2/q2*+1;;. The fraction of sp³-hybridized carbons (Fsp3) is 1.00. The first-order valence-electron chi connectivity index (χ1n) is 10.8. The van der Waals surface area contributed by atoms with Crippen LogP contribution in [-0.2, 0) is 0 Å². The Kier molecular flexibility index (Phi) is 34.6. The molecule has 0 aromatic heterocycles. The molecule has 0 aliphatic heterocycles. The molecule has 30 heavy (non-hydrogen) atoms. The molecule has 0 saturated heterocycles. The van der Waals surface area contributed by atoms with Crippen LogP contribution in [-0.4, -0.2) is 106 Å². The van der Waals surface area contributed by atoms with Gasteiger partial charge in [-0.15, -0.1) is 15.9 Å². The minimum atomic E-state index is -0.250. The quantitative estimate of drug-likeness (QED) is 0.255. The normalized spacial score (nSPS) is 12.5. The molecule has 2 unspecified atom stereocenters. The minimum Gasteiger partial charge on any atom is -0.452 e. The van der Waals surface area contributed by atoms with Crippen molar-refractivity contribution in [2.24, 2.45) is 11.8 Å². The Hall–Kier alpha value is 1.54. The third kappa shape index (κ3) is 36.9.